The van der Waals surface area contributed by atoms with Gasteiger partial charge in [0, 0.05) is 29.9 Å². The summed E-state index contributed by atoms with van der Waals surface area (Å²) in [4.78, 5) is 30.6. The number of nitrogens with one attached hydrogen (secondary N) is 1. The Morgan fingerprint density at radius 3 is 2.96 bits per heavy atom. The molecular weight excluding hydrogens is 346 g/mol. The number of rotatable bonds is 4. The second kappa shape index (κ2) is 7.23. The molecular formula is C17H16ClN3O2S. The van der Waals surface area contributed by atoms with Crippen LogP contribution >= 0.6 is 23.4 Å². The largest absolute Gasteiger partial charge is 0.347 e. The van der Waals surface area contributed by atoms with E-state index in [1.54, 1.807) is 41.4 Å². The van der Waals surface area contributed by atoms with Gasteiger partial charge in [0.2, 0.25) is 5.91 Å². The molecule has 1 aliphatic rings. The first-order chi connectivity index (χ1) is 11.6. The number of hydrogen-bond donors (Lipinski definition) is 1. The van der Waals surface area contributed by atoms with Crippen LogP contribution in [0.1, 0.15) is 16.8 Å². The molecule has 2 aromatic rings. The van der Waals surface area contributed by atoms with Gasteiger partial charge in [-0.15, -0.1) is 11.8 Å². The molecule has 0 spiro atoms. The third kappa shape index (κ3) is 3.55. The Hall–Kier alpha value is -2.05. The van der Waals surface area contributed by atoms with E-state index in [-0.39, 0.29) is 24.3 Å². The summed E-state index contributed by atoms with van der Waals surface area (Å²) in [6.45, 7) is 0.430. The number of aromatic nitrogens is 1. The number of nitrogens with zero attached hydrogens (tertiary/aromatic N) is 2. The topological polar surface area (TPSA) is 62.3 Å². The fraction of sp³-hybridized carbons (Fsp3) is 0.235. The first kappa shape index (κ1) is 16.8. The monoisotopic (exact) mass is 361 g/mol. The van der Waals surface area contributed by atoms with Crippen molar-refractivity contribution in [2.75, 3.05) is 17.7 Å². The Bertz CT molecular complexity index is 784. The van der Waals surface area contributed by atoms with Gasteiger partial charge in [0.25, 0.3) is 5.91 Å². The number of halogens is 1. The van der Waals surface area contributed by atoms with Crippen LogP contribution in [0.3, 0.4) is 0 Å². The zero-order chi connectivity index (χ0) is 17.1. The van der Waals surface area contributed by atoms with E-state index in [2.05, 4.69) is 10.3 Å². The summed E-state index contributed by atoms with van der Waals surface area (Å²) in [5.74, 6) is -0.239. The van der Waals surface area contributed by atoms with E-state index in [0.717, 1.165) is 5.69 Å². The third-order valence-electron chi connectivity index (χ3n) is 3.79. The van der Waals surface area contributed by atoms with Crippen LogP contribution in [0, 0.1) is 0 Å². The first-order valence-electron chi connectivity index (χ1n) is 7.44. The summed E-state index contributed by atoms with van der Waals surface area (Å²) < 4.78 is 0. The number of pyridine rings is 1. The van der Waals surface area contributed by atoms with Crippen molar-refractivity contribution in [3.05, 3.63) is 53.2 Å². The molecule has 124 valence electrons. The van der Waals surface area contributed by atoms with Crippen LogP contribution in [0.4, 0.5) is 5.69 Å². The quantitative estimate of drug-likeness (QED) is 0.850. The number of carbonyl (C=O) groups is 2. The summed E-state index contributed by atoms with van der Waals surface area (Å²) in [6, 6.07) is 10.4. The predicted molar refractivity (Wildman–Crippen MR) is 95.7 cm³/mol. The maximum absolute atomic E-state index is 12.5. The number of thioether (sulfide) groups is 1. The molecule has 0 radical (unpaired) electrons. The van der Waals surface area contributed by atoms with Gasteiger partial charge in [-0.2, -0.15) is 0 Å². The number of benzene rings is 1. The molecule has 2 amide bonds. The van der Waals surface area contributed by atoms with Crippen LogP contribution in [0.2, 0.25) is 5.02 Å². The van der Waals surface area contributed by atoms with Crippen LogP contribution in [0.5, 0.6) is 0 Å². The highest BCUT2D eigenvalue weighted by molar-refractivity contribution is 7.98. The predicted octanol–water partition coefficient (Wildman–Crippen LogP) is 2.99. The van der Waals surface area contributed by atoms with E-state index in [1.165, 1.54) is 11.8 Å². The first-order valence-corrected chi connectivity index (χ1v) is 9.04. The van der Waals surface area contributed by atoms with E-state index >= 15 is 0 Å². The van der Waals surface area contributed by atoms with E-state index in [4.69, 9.17) is 11.6 Å². The van der Waals surface area contributed by atoms with Crippen molar-refractivity contribution in [2.24, 2.45) is 0 Å². The number of amides is 2. The average molecular weight is 362 g/mol. The molecule has 1 saturated heterocycles. The second-order valence-electron chi connectivity index (χ2n) is 5.42. The molecule has 1 aromatic carbocycles. The number of hydrogen-bond acceptors (Lipinski definition) is 4. The molecule has 5 nitrogen and oxygen atoms in total. The van der Waals surface area contributed by atoms with Gasteiger partial charge < -0.3 is 10.2 Å². The Balaban J connectivity index is 1.71. The molecule has 24 heavy (non-hydrogen) atoms. The highest BCUT2D eigenvalue weighted by Crippen LogP contribution is 2.25. The van der Waals surface area contributed by atoms with Gasteiger partial charge in [0.05, 0.1) is 11.6 Å². The normalized spacial score (nSPS) is 17.2. The van der Waals surface area contributed by atoms with Gasteiger partial charge in [0.15, 0.2) is 0 Å². The van der Waals surface area contributed by atoms with Gasteiger partial charge in [-0.25, -0.2) is 4.98 Å². The molecule has 1 fully saturated rings. The summed E-state index contributed by atoms with van der Waals surface area (Å²) in [5, 5.41) is 4.18. The minimum Gasteiger partial charge on any atom is -0.347 e. The van der Waals surface area contributed by atoms with E-state index in [0.29, 0.717) is 22.2 Å². The van der Waals surface area contributed by atoms with E-state index < -0.39 is 0 Å². The lowest BCUT2D eigenvalue weighted by Gasteiger charge is -2.17. The molecule has 1 N–H and O–H groups in total. The molecule has 1 aliphatic heterocycles. The molecule has 0 bridgehead atoms. The number of carbonyl (C=O) groups excluding carboxylic acids is 2. The lowest BCUT2D eigenvalue weighted by molar-refractivity contribution is -0.117. The van der Waals surface area contributed by atoms with Crippen molar-refractivity contribution in [1.82, 2.24) is 10.3 Å². The summed E-state index contributed by atoms with van der Waals surface area (Å²) in [7, 11) is 0. The summed E-state index contributed by atoms with van der Waals surface area (Å²) >= 11 is 7.41. The minimum absolute atomic E-state index is 0.0288. The second-order valence-corrected chi connectivity index (χ2v) is 6.65. The third-order valence-corrected chi connectivity index (χ3v) is 4.74. The van der Waals surface area contributed by atoms with E-state index in [1.807, 2.05) is 12.3 Å². The van der Waals surface area contributed by atoms with Crippen molar-refractivity contribution < 1.29 is 9.59 Å². The Morgan fingerprint density at radius 1 is 1.38 bits per heavy atom. The molecule has 1 aromatic heterocycles. The average Bonchev–Trinajstić information content (AvgIpc) is 2.95. The van der Waals surface area contributed by atoms with Crippen LogP contribution in [-0.4, -0.2) is 35.6 Å². The van der Waals surface area contributed by atoms with Crippen LogP contribution in [-0.2, 0) is 4.79 Å². The molecule has 0 unspecified atom stereocenters. The molecule has 3 rings (SSSR count). The SMILES string of the molecule is CSc1ncccc1C(=O)N[C@@H]1CC(=O)N(c2cccc(Cl)c2)C1. The Morgan fingerprint density at radius 2 is 2.21 bits per heavy atom. The van der Waals surface area contributed by atoms with Crippen LogP contribution in [0.25, 0.3) is 0 Å². The summed E-state index contributed by atoms with van der Waals surface area (Å²) in [5.41, 5.74) is 1.27. The van der Waals surface area contributed by atoms with Crippen molar-refractivity contribution >= 4 is 40.9 Å². The van der Waals surface area contributed by atoms with Crippen molar-refractivity contribution in [3.8, 4) is 0 Å². The van der Waals surface area contributed by atoms with Crippen molar-refractivity contribution in [2.45, 2.75) is 17.5 Å². The standard InChI is InChI=1S/C17H16ClN3O2S/c1-24-17-14(6-3-7-19-17)16(23)20-12-9-15(22)21(10-12)13-5-2-4-11(18)8-13/h2-8,12H,9-10H2,1H3,(H,20,23)/t12-/m1/s1. The summed E-state index contributed by atoms with van der Waals surface area (Å²) in [6.07, 6.45) is 3.80. The molecule has 2 heterocycles. The zero-order valence-corrected chi connectivity index (χ0v) is 14.6. The highest BCUT2D eigenvalue weighted by Gasteiger charge is 2.32. The number of anilines is 1. The minimum atomic E-state index is -0.237. The molecule has 1 atom stereocenters. The zero-order valence-electron chi connectivity index (χ0n) is 13.0. The van der Waals surface area contributed by atoms with Crippen LogP contribution in [0.15, 0.2) is 47.6 Å². The van der Waals surface area contributed by atoms with Crippen molar-refractivity contribution in [1.29, 1.82) is 0 Å². The maximum Gasteiger partial charge on any atom is 0.254 e. The Kier molecular flexibility index (Phi) is 5.06. The fourth-order valence-corrected chi connectivity index (χ4v) is 3.42. The lowest BCUT2D eigenvalue weighted by atomic mass is 10.2. The lowest BCUT2D eigenvalue weighted by Crippen LogP contribution is -2.37. The van der Waals surface area contributed by atoms with Gasteiger partial charge in [-0.1, -0.05) is 17.7 Å². The van der Waals surface area contributed by atoms with Gasteiger partial charge >= 0.3 is 0 Å². The molecule has 0 saturated carbocycles. The van der Waals surface area contributed by atoms with Gasteiger partial charge in [0.1, 0.15) is 5.03 Å². The van der Waals surface area contributed by atoms with Crippen molar-refractivity contribution in [3.63, 3.8) is 0 Å². The maximum atomic E-state index is 12.5. The van der Waals surface area contributed by atoms with Gasteiger partial charge in [-0.3, -0.25) is 9.59 Å². The van der Waals surface area contributed by atoms with Gasteiger partial charge in [-0.05, 0) is 36.6 Å². The van der Waals surface area contributed by atoms with Crippen LogP contribution < -0.4 is 10.2 Å². The smallest absolute Gasteiger partial charge is 0.254 e. The fourth-order valence-electron chi connectivity index (χ4n) is 2.69. The molecule has 0 aliphatic carbocycles. The molecule has 7 heteroatoms. The highest BCUT2D eigenvalue weighted by atomic mass is 35.5. The van der Waals surface area contributed by atoms with E-state index in [9.17, 15) is 9.59 Å². The Labute approximate surface area is 149 Å².